The van der Waals surface area contributed by atoms with Crippen molar-refractivity contribution < 1.29 is 4.79 Å². The Morgan fingerprint density at radius 2 is 2.30 bits per heavy atom. The summed E-state index contributed by atoms with van der Waals surface area (Å²) in [6, 6.07) is 5.56. The number of nitrogens with zero attached hydrogens (tertiary/aromatic N) is 2. The van der Waals surface area contributed by atoms with Crippen molar-refractivity contribution in [3.05, 3.63) is 47.2 Å². The van der Waals surface area contributed by atoms with Crippen LogP contribution < -0.4 is 10.6 Å². The molecule has 1 saturated heterocycles. The predicted octanol–water partition coefficient (Wildman–Crippen LogP) is 1.88. The molecule has 20 heavy (non-hydrogen) atoms. The summed E-state index contributed by atoms with van der Waals surface area (Å²) in [7, 11) is 0. The van der Waals surface area contributed by atoms with E-state index < -0.39 is 0 Å². The van der Waals surface area contributed by atoms with Gasteiger partial charge >= 0.3 is 0 Å². The molecule has 0 radical (unpaired) electrons. The van der Waals surface area contributed by atoms with E-state index in [4.69, 9.17) is 0 Å². The zero-order valence-electron chi connectivity index (χ0n) is 10.7. The highest BCUT2D eigenvalue weighted by Gasteiger charge is 2.21. The second-order valence-corrected chi connectivity index (χ2v) is 5.56. The highest BCUT2D eigenvalue weighted by atomic mass is 32.1. The molecule has 102 valence electrons. The van der Waals surface area contributed by atoms with Crippen molar-refractivity contribution in [1.29, 1.82) is 0 Å². The molecule has 1 fully saturated rings. The smallest absolute Gasteiger partial charge is 0.250 e. The van der Waals surface area contributed by atoms with E-state index in [9.17, 15) is 4.79 Å². The standard InChI is InChI=1S/C14H14N4OS/c19-13(5-4-11-3-1-2-6-16-11)18-14-17-9-12(20-14)10-7-15-8-10/h1-6,9-10,15H,7-8H2,(H,17,18,19)/b5-4+. The van der Waals surface area contributed by atoms with Gasteiger partial charge in [-0.3, -0.25) is 15.1 Å². The van der Waals surface area contributed by atoms with Crippen molar-refractivity contribution in [2.75, 3.05) is 18.4 Å². The topological polar surface area (TPSA) is 66.9 Å². The van der Waals surface area contributed by atoms with Crippen molar-refractivity contribution in [3.8, 4) is 0 Å². The molecule has 0 spiro atoms. The molecule has 6 heteroatoms. The van der Waals surface area contributed by atoms with Crippen molar-refractivity contribution in [2.45, 2.75) is 5.92 Å². The van der Waals surface area contributed by atoms with Gasteiger partial charge in [-0.15, -0.1) is 11.3 Å². The SMILES string of the molecule is O=C(/C=C/c1ccccn1)Nc1ncc(C2CNC2)s1. The molecule has 0 saturated carbocycles. The maximum atomic E-state index is 11.8. The van der Waals surface area contributed by atoms with E-state index in [-0.39, 0.29) is 5.91 Å². The minimum atomic E-state index is -0.191. The normalized spacial score (nSPS) is 15.2. The summed E-state index contributed by atoms with van der Waals surface area (Å²) in [5.74, 6) is 0.352. The van der Waals surface area contributed by atoms with E-state index in [0.29, 0.717) is 11.0 Å². The fraction of sp³-hybridized carbons (Fsp3) is 0.214. The number of amides is 1. The Morgan fingerprint density at radius 3 is 3.00 bits per heavy atom. The van der Waals surface area contributed by atoms with Crippen molar-refractivity contribution in [2.24, 2.45) is 0 Å². The highest BCUT2D eigenvalue weighted by Crippen LogP contribution is 2.28. The Morgan fingerprint density at radius 1 is 1.40 bits per heavy atom. The van der Waals surface area contributed by atoms with E-state index in [2.05, 4.69) is 20.6 Å². The lowest BCUT2D eigenvalue weighted by atomic mass is 10.0. The van der Waals surface area contributed by atoms with Gasteiger partial charge in [0, 0.05) is 42.4 Å². The maximum Gasteiger partial charge on any atom is 0.250 e. The Labute approximate surface area is 120 Å². The van der Waals surface area contributed by atoms with E-state index in [0.717, 1.165) is 18.8 Å². The number of nitrogens with one attached hydrogen (secondary N) is 2. The monoisotopic (exact) mass is 286 g/mol. The van der Waals surface area contributed by atoms with Crippen molar-refractivity contribution in [1.82, 2.24) is 15.3 Å². The first-order valence-electron chi connectivity index (χ1n) is 6.38. The number of hydrogen-bond donors (Lipinski definition) is 2. The van der Waals surface area contributed by atoms with Crippen LogP contribution >= 0.6 is 11.3 Å². The van der Waals surface area contributed by atoms with Crippen LogP contribution in [0.15, 0.2) is 36.7 Å². The second-order valence-electron chi connectivity index (χ2n) is 4.50. The Bertz CT molecular complexity index is 619. The summed E-state index contributed by atoms with van der Waals surface area (Å²) in [5.41, 5.74) is 0.753. The summed E-state index contributed by atoms with van der Waals surface area (Å²) in [5, 5.41) is 6.63. The van der Waals surface area contributed by atoms with Crippen LogP contribution in [-0.4, -0.2) is 29.0 Å². The molecule has 5 nitrogen and oxygen atoms in total. The van der Waals surface area contributed by atoms with Gasteiger partial charge in [0.15, 0.2) is 5.13 Å². The number of anilines is 1. The predicted molar refractivity (Wildman–Crippen MR) is 79.6 cm³/mol. The number of carbonyl (C=O) groups is 1. The fourth-order valence-electron chi connectivity index (χ4n) is 1.81. The quantitative estimate of drug-likeness (QED) is 0.842. The van der Waals surface area contributed by atoms with Gasteiger partial charge in [0.05, 0.1) is 5.69 Å². The van der Waals surface area contributed by atoms with Gasteiger partial charge in [-0.25, -0.2) is 4.98 Å². The zero-order chi connectivity index (χ0) is 13.8. The van der Waals surface area contributed by atoms with Crippen LogP contribution in [-0.2, 0) is 4.79 Å². The van der Waals surface area contributed by atoms with Gasteiger partial charge < -0.3 is 5.32 Å². The minimum Gasteiger partial charge on any atom is -0.315 e. The number of aromatic nitrogens is 2. The molecule has 0 aromatic carbocycles. The third-order valence-electron chi connectivity index (χ3n) is 3.03. The van der Waals surface area contributed by atoms with Crippen LogP contribution in [0.25, 0.3) is 6.08 Å². The molecular weight excluding hydrogens is 272 g/mol. The molecule has 0 aliphatic carbocycles. The van der Waals surface area contributed by atoms with Gasteiger partial charge in [0.25, 0.3) is 0 Å². The average Bonchev–Trinajstić information content (AvgIpc) is 2.84. The summed E-state index contributed by atoms with van der Waals surface area (Å²) in [4.78, 5) is 21.3. The number of rotatable bonds is 4. The first kappa shape index (κ1) is 13.0. The van der Waals surface area contributed by atoms with E-state index in [1.54, 1.807) is 12.3 Å². The third-order valence-corrected chi connectivity index (χ3v) is 4.11. The molecular formula is C14H14N4OS. The Balaban J connectivity index is 1.58. The van der Waals surface area contributed by atoms with E-state index in [1.165, 1.54) is 22.3 Å². The van der Waals surface area contributed by atoms with Gasteiger partial charge in [0.1, 0.15) is 0 Å². The van der Waals surface area contributed by atoms with Gasteiger partial charge in [-0.1, -0.05) is 6.07 Å². The van der Waals surface area contributed by atoms with Gasteiger partial charge in [0.2, 0.25) is 5.91 Å². The lowest BCUT2D eigenvalue weighted by molar-refractivity contribution is -0.111. The largest absolute Gasteiger partial charge is 0.315 e. The molecule has 2 N–H and O–H groups in total. The molecule has 0 bridgehead atoms. The van der Waals surface area contributed by atoms with Crippen molar-refractivity contribution >= 4 is 28.5 Å². The maximum absolute atomic E-state index is 11.8. The molecule has 0 unspecified atom stereocenters. The molecule has 3 heterocycles. The molecule has 1 aliphatic rings. The molecule has 2 aromatic rings. The van der Waals surface area contributed by atoms with Crippen LogP contribution in [0.4, 0.5) is 5.13 Å². The highest BCUT2D eigenvalue weighted by molar-refractivity contribution is 7.15. The Hall–Kier alpha value is -2.05. The first-order chi connectivity index (χ1) is 9.81. The number of thiazole rings is 1. The molecule has 1 aliphatic heterocycles. The van der Waals surface area contributed by atoms with Crippen LogP contribution in [0, 0.1) is 0 Å². The summed E-state index contributed by atoms with van der Waals surface area (Å²) < 4.78 is 0. The van der Waals surface area contributed by atoms with Crippen LogP contribution in [0.5, 0.6) is 0 Å². The lowest BCUT2D eigenvalue weighted by Crippen LogP contribution is -2.39. The molecule has 3 rings (SSSR count). The first-order valence-corrected chi connectivity index (χ1v) is 7.19. The average molecular weight is 286 g/mol. The lowest BCUT2D eigenvalue weighted by Gasteiger charge is -2.25. The summed E-state index contributed by atoms with van der Waals surface area (Å²) in [6.45, 7) is 1.99. The Kier molecular flexibility index (Phi) is 3.85. The van der Waals surface area contributed by atoms with Crippen LogP contribution in [0.2, 0.25) is 0 Å². The van der Waals surface area contributed by atoms with Crippen molar-refractivity contribution in [3.63, 3.8) is 0 Å². The molecule has 2 aromatic heterocycles. The second kappa shape index (κ2) is 5.94. The zero-order valence-corrected chi connectivity index (χ0v) is 11.6. The van der Waals surface area contributed by atoms with Gasteiger partial charge in [-0.2, -0.15) is 0 Å². The van der Waals surface area contributed by atoms with Gasteiger partial charge in [-0.05, 0) is 18.2 Å². The van der Waals surface area contributed by atoms with Crippen LogP contribution in [0.1, 0.15) is 16.5 Å². The fourth-order valence-corrected chi connectivity index (χ4v) is 2.72. The molecule has 0 atom stereocenters. The summed E-state index contributed by atoms with van der Waals surface area (Å²) in [6.07, 6.45) is 6.68. The number of carbonyl (C=O) groups excluding carboxylic acids is 1. The minimum absolute atomic E-state index is 0.191. The summed E-state index contributed by atoms with van der Waals surface area (Å²) >= 11 is 1.53. The number of hydrogen-bond acceptors (Lipinski definition) is 5. The third kappa shape index (κ3) is 3.09. The van der Waals surface area contributed by atoms with E-state index in [1.807, 2.05) is 24.4 Å². The van der Waals surface area contributed by atoms with Crippen LogP contribution in [0.3, 0.4) is 0 Å². The van der Waals surface area contributed by atoms with E-state index >= 15 is 0 Å². The molecule has 1 amide bonds. The number of pyridine rings is 1.